The summed E-state index contributed by atoms with van der Waals surface area (Å²) in [5.41, 5.74) is 0. The van der Waals surface area contributed by atoms with E-state index in [0.717, 1.165) is 0 Å². The fraction of sp³-hybridized carbons (Fsp3) is 0.333. The lowest BCUT2D eigenvalue weighted by atomic mass is 10.2. The van der Waals surface area contributed by atoms with Gasteiger partial charge in [0.25, 0.3) is 5.91 Å². The maximum atomic E-state index is 12.8. The lowest BCUT2D eigenvalue weighted by Gasteiger charge is -2.37. The van der Waals surface area contributed by atoms with Crippen molar-refractivity contribution in [2.24, 2.45) is 5.14 Å². The van der Waals surface area contributed by atoms with Crippen molar-refractivity contribution in [1.82, 2.24) is 9.88 Å². The first-order valence-electron chi connectivity index (χ1n) is 8.83. The Morgan fingerprint density at radius 3 is 2.43 bits per heavy atom. The van der Waals surface area contributed by atoms with E-state index in [0.29, 0.717) is 43.5 Å². The van der Waals surface area contributed by atoms with Gasteiger partial charge in [0, 0.05) is 32.4 Å². The zero-order valence-corrected chi connectivity index (χ0v) is 15.8. The third-order valence-corrected chi connectivity index (χ3v) is 5.65. The number of piperazine rings is 1. The number of aromatic nitrogens is 1. The minimum atomic E-state index is -3.76. The van der Waals surface area contributed by atoms with Crippen LogP contribution in [-0.4, -0.2) is 63.1 Å². The first-order valence-corrected chi connectivity index (χ1v) is 10.4. The van der Waals surface area contributed by atoms with Crippen molar-refractivity contribution in [2.45, 2.75) is 11.0 Å². The second-order valence-corrected chi connectivity index (χ2v) is 8.14. The van der Waals surface area contributed by atoms with Gasteiger partial charge in [0.2, 0.25) is 16.1 Å². The molecule has 10 heteroatoms. The van der Waals surface area contributed by atoms with E-state index in [1.54, 1.807) is 17.0 Å². The number of primary sulfonamides is 1. The summed E-state index contributed by atoms with van der Waals surface area (Å²) in [6.45, 7) is 2.37. The van der Waals surface area contributed by atoms with Crippen LogP contribution in [0.2, 0.25) is 0 Å². The monoisotopic (exact) mass is 404 g/mol. The van der Waals surface area contributed by atoms with Crippen LogP contribution in [0.4, 0.5) is 5.82 Å². The predicted octanol–water partition coefficient (Wildman–Crippen LogP) is 0.218. The standard InChI is InChI=1S/C18H20N4O5S/c19-28(24,25)13-5-6-17(20-11-13)21-7-9-22(10-8-21)18(23)16-12-26-14-3-1-2-4-15(14)27-16/h1-6,11,16H,7-10,12H2,(H2,19,24,25)/t16-/m0/s1. The number of sulfonamides is 1. The fourth-order valence-electron chi connectivity index (χ4n) is 3.23. The van der Waals surface area contributed by atoms with Gasteiger partial charge in [-0.15, -0.1) is 0 Å². The van der Waals surface area contributed by atoms with Gasteiger partial charge in [-0.2, -0.15) is 0 Å². The Morgan fingerprint density at radius 2 is 1.79 bits per heavy atom. The van der Waals surface area contributed by atoms with E-state index in [4.69, 9.17) is 14.6 Å². The van der Waals surface area contributed by atoms with Gasteiger partial charge in [0.05, 0.1) is 0 Å². The molecule has 2 N–H and O–H groups in total. The Kier molecular flexibility index (Phi) is 4.82. The van der Waals surface area contributed by atoms with Gasteiger partial charge >= 0.3 is 0 Å². The molecule has 2 aliphatic rings. The lowest BCUT2D eigenvalue weighted by Crippen LogP contribution is -2.54. The summed E-state index contributed by atoms with van der Waals surface area (Å²) in [7, 11) is -3.76. The second-order valence-electron chi connectivity index (χ2n) is 6.57. The Hall–Kier alpha value is -2.85. The van der Waals surface area contributed by atoms with Crippen molar-refractivity contribution in [3.63, 3.8) is 0 Å². The summed E-state index contributed by atoms with van der Waals surface area (Å²) in [6, 6.07) is 10.3. The van der Waals surface area contributed by atoms with Crippen molar-refractivity contribution in [1.29, 1.82) is 0 Å². The summed E-state index contributed by atoms with van der Waals surface area (Å²) < 4.78 is 34.1. The largest absolute Gasteiger partial charge is 0.485 e. The van der Waals surface area contributed by atoms with Gasteiger partial charge < -0.3 is 19.3 Å². The first-order chi connectivity index (χ1) is 13.4. The van der Waals surface area contributed by atoms with Crippen LogP contribution in [0, 0.1) is 0 Å². The van der Waals surface area contributed by atoms with Crippen LogP contribution in [0.5, 0.6) is 11.5 Å². The smallest absolute Gasteiger partial charge is 0.267 e. The molecule has 0 radical (unpaired) electrons. The number of hydrogen-bond donors (Lipinski definition) is 1. The number of nitrogens with two attached hydrogens (primary N) is 1. The van der Waals surface area contributed by atoms with Gasteiger partial charge in [0.15, 0.2) is 11.5 Å². The maximum absolute atomic E-state index is 12.8. The number of hydrogen-bond acceptors (Lipinski definition) is 7. The van der Waals surface area contributed by atoms with Crippen LogP contribution in [0.1, 0.15) is 0 Å². The number of fused-ring (bicyclic) bond motifs is 1. The highest BCUT2D eigenvalue weighted by atomic mass is 32.2. The topological polar surface area (TPSA) is 115 Å². The summed E-state index contributed by atoms with van der Waals surface area (Å²) in [5, 5.41) is 5.09. The Balaban J connectivity index is 1.36. The van der Waals surface area contributed by atoms with Crippen LogP contribution in [0.25, 0.3) is 0 Å². The second kappa shape index (κ2) is 7.28. The number of carbonyl (C=O) groups excluding carboxylic acids is 1. The van der Waals surface area contributed by atoms with E-state index in [1.165, 1.54) is 12.3 Å². The molecule has 0 spiro atoms. The van der Waals surface area contributed by atoms with Crippen LogP contribution < -0.4 is 19.5 Å². The first kappa shape index (κ1) is 18.5. The lowest BCUT2D eigenvalue weighted by molar-refractivity contribution is -0.141. The van der Waals surface area contributed by atoms with E-state index in [9.17, 15) is 13.2 Å². The zero-order valence-electron chi connectivity index (χ0n) is 15.0. The fourth-order valence-corrected chi connectivity index (χ4v) is 3.69. The molecule has 1 saturated heterocycles. The quantitative estimate of drug-likeness (QED) is 0.778. The molecule has 28 heavy (non-hydrogen) atoms. The highest BCUT2D eigenvalue weighted by Gasteiger charge is 2.32. The molecule has 0 bridgehead atoms. The molecule has 1 amide bonds. The van der Waals surface area contributed by atoms with Crippen molar-refractivity contribution in [3.8, 4) is 11.5 Å². The molecule has 0 saturated carbocycles. The average Bonchev–Trinajstić information content (AvgIpc) is 2.72. The predicted molar refractivity (Wildman–Crippen MR) is 101 cm³/mol. The van der Waals surface area contributed by atoms with E-state index < -0.39 is 16.1 Å². The number of pyridine rings is 1. The Labute approximate surface area is 162 Å². The molecule has 2 aromatic rings. The number of rotatable bonds is 3. The molecule has 1 aromatic carbocycles. The third-order valence-electron chi connectivity index (χ3n) is 4.75. The van der Waals surface area contributed by atoms with Gasteiger partial charge in [-0.3, -0.25) is 4.79 Å². The number of ether oxygens (including phenoxy) is 2. The SMILES string of the molecule is NS(=O)(=O)c1ccc(N2CCN(C(=O)[C@@H]3COc4ccccc4O3)CC2)nc1. The number of amides is 1. The Morgan fingerprint density at radius 1 is 1.07 bits per heavy atom. The van der Waals surface area contributed by atoms with Crippen molar-refractivity contribution >= 4 is 21.7 Å². The molecule has 1 atom stereocenters. The van der Waals surface area contributed by atoms with Gasteiger partial charge in [-0.25, -0.2) is 18.5 Å². The van der Waals surface area contributed by atoms with Crippen LogP contribution in [0.15, 0.2) is 47.5 Å². The molecular formula is C18H20N4O5S. The van der Waals surface area contributed by atoms with E-state index in [-0.39, 0.29) is 17.4 Å². The number of anilines is 1. The number of nitrogens with zero attached hydrogens (tertiary/aromatic N) is 3. The molecule has 4 rings (SSSR count). The normalized spacial score (nSPS) is 19.4. The average molecular weight is 404 g/mol. The minimum absolute atomic E-state index is 0.0280. The van der Waals surface area contributed by atoms with Crippen LogP contribution in [0.3, 0.4) is 0 Å². The number of para-hydroxylation sites is 2. The molecule has 1 fully saturated rings. The van der Waals surface area contributed by atoms with Gasteiger partial charge in [-0.1, -0.05) is 12.1 Å². The molecule has 0 unspecified atom stereocenters. The molecule has 9 nitrogen and oxygen atoms in total. The van der Waals surface area contributed by atoms with Crippen LogP contribution >= 0.6 is 0 Å². The molecule has 2 aliphatic heterocycles. The summed E-state index contributed by atoms with van der Waals surface area (Å²) in [4.78, 5) is 20.6. The minimum Gasteiger partial charge on any atom is -0.485 e. The Bertz CT molecular complexity index is 972. The highest BCUT2D eigenvalue weighted by Crippen LogP contribution is 2.31. The number of carbonyl (C=O) groups is 1. The zero-order chi connectivity index (χ0) is 19.7. The number of benzene rings is 1. The third kappa shape index (κ3) is 3.73. The molecule has 1 aromatic heterocycles. The van der Waals surface area contributed by atoms with Crippen LogP contribution in [-0.2, 0) is 14.8 Å². The van der Waals surface area contributed by atoms with Gasteiger partial charge in [0.1, 0.15) is 17.3 Å². The summed E-state index contributed by atoms with van der Waals surface area (Å²) in [6.07, 6.45) is 0.584. The maximum Gasteiger partial charge on any atom is 0.267 e. The van der Waals surface area contributed by atoms with Crippen molar-refractivity contribution < 1.29 is 22.7 Å². The molecule has 148 valence electrons. The van der Waals surface area contributed by atoms with Crippen molar-refractivity contribution in [2.75, 3.05) is 37.7 Å². The van der Waals surface area contributed by atoms with E-state index >= 15 is 0 Å². The molecule has 3 heterocycles. The molecule has 0 aliphatic carbocycles. The summed E-state index contributed by atoms with van der Waals surface area (Å²) in [5.74, 6) is 1.76. The van der Waals surface area contributed by atoms with E-state index in [2.05, 4.69) is 4.98 Å². The molecular weight excluding hydrogens is 384 g/mol. The summed E-state index contributed by atoms with van der Waals surface area (Å²) >= 11 is 0. The van der Waals surface area contributed by atoms with Crippen molar-refractivity contribution in [3.05, 3.63) is 42.6 Å². The van der Waals surface area contributed by atoms with Gasteiger partial charge in [-0.05, 0) is 24.3 Å². The van der Waals surface area contributed by atoms with E-state index in [1.807, 2.05) is 23.1 Å². The highest BCUT2D eigenvalue weighted by molar-refractivity contribution is 7.89.